The molecule has 1 N–H and O–H groups in total. The molecule has 0 aliphatic rings. The van der Waals surface area contributed by atoms with Crippen LogP contribution in [0.1, 0.15) is 36.6 Å². The lowest BCUT2D eigenvalue weighted by atomic mass is 10.3. The van der Waals surface area contributed by atoms with Gasteiger partial charge in [0.1, 0.15) is 5.76 Å². The minimum atomic E-state index is -0.318. The van der Waals surface area contributed by atoms with Crippen molar-refractivity contribution in [1.82, 2.24) is 5.32 Å². The highest BCUT2D eigenvalue weighted by molar-refractivity contribution is 5.91. The molecule has 0 aliphatic heterocycles. The molecule has 0 aromatic carbocycles. The third kappa shape index (κ3) is 4.30. The van der Waals surface area contributed by atoms with Crippen molar-refractivity contribution in [3.05, 3.63) is 23.7 Å². The number of rotatable bonds is 6. The molecule has 5 nitrogen and oxygen atoms in total. The maximum absolute atomic E-state index is 11.6. The molecule has 0 saturated heterocycles. The van der Waals surface area contributed by atoms with Gasteiger partial charge in [-0.05, 0) is 19.1 Å². The Bertz CT molecular complexity index is 384. The highest BCUT2D eigenvalue weighted by Crippen LogP contribution is 2.07. The van der Waals surface area contributed by atoms with Gasteiger partial charge in [-0.15, -0.1) is 0 Å². The second kappa shape index (κ2) is 6.73. The average Bonchev–Trinajstić information content (AvgIpc) is 2.77. The molecule has 94 valence electrons. The predicted molar refractivity (Wildman–Crippen MR) is 61.7 cm³/mol. The molecule has 0 aliphatic carbocycles. The Morgan fingerprint density at radius 3 is 2.71 bits per heavy atom. The number of ether oxygens (including phenoxy) is 1. The van der Waals surface area contributed by atoms with E-state index < -0.39 is 0 Å². The van der Waals surface area contributed by atoms with E-state index >= 15 is 0 Å². The highest BCUT2D eigenvalue weighted by atomic mass is 16.5. The fourth-order valence-corrected chi connectivity index (χ4v) is 1.29. The van der Waals surface area contributed by atoms with E-state index in [4.69, 9.17) is 9.15 Å². The number of aryl methyl sites for hydroxylation is 1. The molecule has 0 saturated carbocycles. The molecule has 0 bridgehead atoms. The topological polar surface area (TPSA) is 68.5 Å². The Morgan fingerprint density at radius 1 is 1.35 bits per heavy atom. The average molecular weight is 239 g/mol. The van der Waals surface area contributed by atoms with Gasteiger partial charge in [0.2, 0.25) is 0 Å². The molecule has 5 heteroatoms. The first-order valence-electron chi connectivity index (χ1n) is 5.69. The molecule has 0 fully saturated rings. The van der Waals surface area contributed by atoms with Gasteiger partial charge in [0.25, 0.3) is 5.91 Å². The second-order valence-corrected chi connectivity index (χ2v) is 3.43. The van der Waals surface area contributed by atoms with Gasteiger partial charge in [-0.1, -0.05) is 6.92 Å². The van der Waals surface area contributed by atoms with Crippen LogP contribution in [0.4, 0.5) is 0 Å². The number of hydrogen-bond donors (Lipinski definition) is 1. The monoisotopic (exact) mass is 239 g/mol. The van der Waals surface area contributed by atoms with Crippen LogP contribution in [0.15, 0.2) is 16.5 Å². The van der Waals surface area contributed by atoms with Gasteiger partial charge < -0.3 is 14.5 Å². The first-order chi connectivity index (χ1) is 8.17. The van der Waals surface area contributed by atoms with Gasteiger partial charge in [-0.25, -0.2) is 0 Å². The minimum Gasteiger partial charge on any atom is -0.466 e. The van der Waals surface area contributed by atoms with E-state index in [-0.39, 0.29) is 30.6 Å². The Hall–Kier alpha value is -1.78. The van der Waals surface area contributed by atoms with E-state index in [0.717, 1.165) is 12.2 Å². The van der Waals surface area contributed by atoms with Crippen LogP contribution in [0.5, 0.6) is 0 Å². The zero-order valence-electron chi connectivity index (χ0n) is 10.1. The molecule has 1 aromatic heterocycles. The molecular formula is C12H17NO4. The van der Waals surface area contributed by atoms with Gasteiger partial charge in [-0.3, -0.25) is 9.59 Å². The number of esters is 1. The van der Waals surface area contributed by atoms with Crippen LogP contribution in [0, 0.1) is 0 Å². The maximum Gasteiger partial charge on any atom is 0.307 e. The van der Waals surface area contributed by atoms with Gasteiger partial charge >= 0.3 is 5.97 Å². The van der Waals surface area contributed by atoms with Crippen LogP contribution >= 0.6 is 0 Å². The first-order valence-corrected chi connectivity index (χ1v) is 5.69. The Balaban J connectivity index is 2.32. The summed E-state index contributed by atoms with van der Waals surface area (Å²) in [5.41, 5.74) is 0. The van der Waals surface area contributed by atoms with E-state index in [1.165, 1.54) is 0 Å². The quantitative estimate of drug-likeness (QED) is 0.764. The van der Waals surface area contributed by atoms with Crippen LogP contribution in [-0.4, -0.2) is 25.0 Å². The molecule has 1 heterocycles. The Labute approximate surface area is 100 Å². The zero-order chi connectivity index (χ0) is 12.7. The zero-order valence-corrected chi connectivity index (χ0v) is 10.1. The fourth-order valence-electron chi connectivity index (χ4n) is 1.29. The standard InChI is InChI=1S/C12H17NO4/c1-3-9-5-6-10(17-9)12(15)13-8-7-11(14)16-4-2/h5-6H,3-4,7-8H2,1-2H3,(H,13,15). The first kappa shape index (κ1) is 13.3. The summed E-state index contributed by atoms with van der Waals surface area (Å²) in [5, 5.41) is 2.59. The van der Waals surface area contributed by atoms with Crippen LogP contribution in [0.2, 0.25) is 0 Å². The summed E-state index contributed by atoms with van der Waals surface area (Å²) in [6.07, 6.45) is 0.914. The number of carbonyl (C=O) groups excluding carboxylic acids is 2. The number of furan rings is 1. The van der Waals surface area contributed by atoms with Crippen molar-refractivity contribution in [3.63, 3.8) is 0 Å². The lowest BCUT2D eigenvalue weighted by Gasteiger charge is -2.03. The molecule has 17 heavy (non-hydrogen) atoms. The van der Waals surface area contributed by atoms with Crippen molar-refractivity contribution in [2.45, 2.75) is 26.7 Å². The van der Waals surface area contributed by atoms with Crippen molar-refractivity contribution in [2.24, 2.45) is 0 Å². The number of hydrogen-bond acceptors (Lipinski definition) is 4. The molecule has 0 unspecified atom stereocenters. The van der Waals surface area contributed by atoms with Crippen LogP contribution in [0.25, 0.3) is 0 Å². The highest BCUT2D eigenvalue weighted by Gasteiger charge is 2.10. The van der Waals surface area contributed by atoms with E-state index in [1.807, 2.05) is 6.92 Å². The van der Waals surface area contributed by atoms with Crippen molar-refractivity contribution in [2.75, 3.05) is 13.2 Å². The van der Waals surface area contributed by atoms with Crippen molar-refractivity contribution >= 4 is 11.9 Å². The SMILES string of the molecule is CCOC(=O)CCNC(=O)c1ccc(CC)o1. The lowest BCUT2D eigenvalue weighted by molar-refractivity contribution is -0.142. The van der Waals surface area contributed by atoms with Crippen molar-refractivity contribution < 1.29 is 18.7 Å². The molecule has 1 aromatic rings. The van der Waals surface area contributed by atoms with Gasteiger partial charge in [0.15, 0.2) is 5.76 Å². The number of carbonyl (C=O) groups is 2. The van der Waals surface area contributed by atoms with E-state index in [0.29, 0.717) is 6.61 Å². The molecule has 1 amide bonds. The van der Waals surface area contributed by atoms with Crippen molar-refractivity contribution in [1.29, 1.82) is 0 Å². The maximum atomic E-state index is 11.6. The summed E-state index contributed by atoms with van der Waals surface area (Å²) in [7, 11) is 0. The summed E-state index contributed by atoms with van der Waals surface area (Å²) in [4.78, 5) is 22.6. The summed E-state index contributed by atoms with van der Waals surface area (Å²) < 4.78 is 10.0. The van der Waals surface area contributed by atoms with Gasteiger partial charge in [0.05, 0.1) is 13.0 Å². The smallest absolute Gasteiger partial charge is 0.307 e. The number of amides is 1. The van der Waals surface area contributed by atoms with E-state index in [1.54, 1.807) is 19.1 Å². The van der Waals surface area contributed by atoms with Crippen LogP contribution in [-0.2, 0) is 16.0 Å². The minimum absolute atomic E-state index is 0.168. The molecule has 0 spiro atoms. The summed E-state index contributed by atoms with van der Waals surface area (Å²) in [6.45, 7) is 4.29. The molecular weight excluding hydrogens is 222 g/mol. The van der Waals surface area contributed by atoms with Gasteiger partial charge in [0, 0.05) is 13.0 Å². The second-order valence-electron chi connectivity index (χ2n) is 3.43. The van der Waals surface area contributed by atoms with E-state index in [2.05, 4.69) is 5.32 Å². The predicted octanol–water partition coefficient (Wildman–Crippen LogP) is 1.52. The lowest BCUT2D eigenvalue weighted by Crippen LogP contribution is -2.26. The third-order valence-electron chi connectivity index (χ3n) is 2.15. The third-order valence-corrected chi connectivity index (χ3v) is 2.15. The van der Waals surface area contributed by atoms with E-state index in [9.17, 15) is 9.59 Å². The normalized spacial score (nSPS) is 10.0. The summed E-state index contributed by atoms with van der Waals surface area (Å²) >= 11 is 0. The van der Waals surface area contributed by atoms with Crippen LogP contribution < -0.4 is 5.32 Å². The van der Waals surface area contributed by atoms with Crippen molar-refractivity contribution in [3.8, 4) is 0 Å². The largest absolute Gasteiger partial charge is 0.466 e. The summed E-state index contributed by atoms with van der Waals surface area (Å²) in [5.74, 6) is 0.404. The molecule has 1 rings (SSSR count). The van der Waals surface area contributed by atoms with Gasteiger partial charge in [-0.2, -0.15) is 0 Å². The fraction of sp³-hybridized carbons (Fsp3) is 0.500. The van der Waals surface area contributed by atoms with Crippen LogP contribution in [0.3, 0.4) is 0 Å². The number of nitrogens with one attached hydrogen (secondary N) is 1. The Morgan fingerprint density at radius 2 is 2.12 bits per heavy atom. The Kier molecular flexibility index (Phi) is 5.26. The molecule has 0 radical (unpaired) electrons. The summed E-state index contributed by atoms with van der Waals surface area (Å²) in [6, 6.07) is 3.39. The molecule has 0 atom stereocenters.